The second-order valence-electron chi connectivity index (χ2n) is 4.52. The van der Waals surface area contributed by atoms with Gasteiger partial charge in [0.05, 0.1) is 18.5 Å². The quantitative estimate of drug-likeness (QED) is 0.843. The average Bonchev–Trinajstić information content (AvgIpc) is 2.41. The van der Waals surface area contributed by atoms with Gasteiger partial charge in [0.15, 0.2) is 5.82 Å². The number of aromatic nitrogens is 3. The van der Waals surface area contributed by atoms with Crippen LogP contribution in [-0.4, -0.2) is 27.8 Å². The lowest BCUT2D eigenvalue weighted by Gasteiger charge is -2.12. The maximum absolute atomic E-state index is 5.55. The zero-order valence-electron chi connectivity index (χ0n) is 11.9. The van der Waals surface area contributed by atoms with Crippen LogP contribution in [0.15, 0.2) is 30.5 Å². The van der Waals surface area contributed by atoms with Gasteiger partial charge < -0.3 is 15.4 Å². The first-order valence-corrected chi connectivity index (χ1v) is 6.64. The molecule has 1 heterocycles. The molecule has 0 amide bonds. The summed E-state index contributed by atoms with van der Waals surface area (Å²) < 4.78 is 5.55. The molecular formula is C14H19N5O. The van der Waals surface area contributed by atoms with Gasteiger partial charge >= 0.3 is 0 Å². The van der Waals surface area contributed by atoms with Gasteiger partial charge in [-0.1, -0.05) is 12.1 Å². The first-order chi connectivity index (χ1) is 9.69. The Bertz CT molecular complexity index is 559. The number of para-hydroxylation sites is 2. The summed E-state index contributed by atoms with van der Waals surface area (Å²) in [5.74, 6) is 1.88. The lowest BCUT2D eigenvalue weighted by Crippen LogP contribution is -2.12. The Kier molecular flexibility index (Phi) is 4.70. The first kappa shape index (κ1) is 14.0. The van der Waals surface area contributed by atoms with Crippen molar-refractivity contribution in [2.75, 3.05) is 17.2 Å². The number of benzene rings is 1. The maximum atomic E-state index is 5.55. The predicted octanol–water partition coefficient (Wildman–Crippen LogP) is 2.83. The van der Waals surface area contributed by atoms with Crippen LogP contribution in [0.3, 0.4) is 0 Å². The molecule has 0 fully saturated rings. The van der Waals surface area contributed by atoms with Crippen molar-refractivity contribution in [2.45, 2.75) is 26.8 Å². The van der Waals surface area contributed by atoms with Gasteiger partial charge in [0, 0.05) is 6.04 Å². The normalized spacial score (nSPS) is 10.4. The monoisotopic (exact) mass is 273 g/mol. The van der Waals surface area contributed by atoms with Gasteiger partial charge in [0.2, 0.25) is 5.95 Å². The number of nitrogens with zero attached hydrogens (tertiary/aromatic N) is 3. The fourth-order valence-corrected chi connectivity index (χ4v) is 1.69. The molecule has 0 aliphatic heterocycles. The maximum Gasteiger partial charge on any atom is 0.249 e. The summed E-state index contributed by atoms with van der Waals surface area (Å²) in [5.41, 5.74) is 0.817. The minimum absolute atomic E-state index is 0.287. The highest BCUT2D eigenvalue weighted by molar-refractivity contribution is 5.62. The Morgan fingerprint density at radius 1 is 1.25 bits per heavy atom. The molecule has 1 aromatic carbocycles. The number of anilines is 3. The predicted molar refractivity (Wildman–Crippen MR) is 79.5 cm³/mol. The third-order valence-corrected chi connectivity index (χ3v) is 2.43. The SMILES string of the molecule is CCOc1ccccc1Nc1nncc(NC(C)C)n1. The van der Waals surface area contributed by atoms with E-state index in [1.54, 1.807) is 6.20 Å². The topological polar surface area (TPSA) is 72.0 Å². The highest BCUT2D eigenvalue weighted by atomic mass is 16.5. The number of hydrogen-bond donors (Lipinski definition) is 2. The second-order valence-corrected chi connectivity index (χ2v) is 4.52. The zero-order chi connectivity index (χ0) is 14.4. The Morgan fingerprint density at radius 3 is 2.80 bits per heavy atom. The molecule has 0 saturated heterocycles. The van der Waals surface area contributed by atoms with Crippen LogP contribution in [0.25, 0.3) is 0 Å². The Labute approximate surface area is 118 Å². The summed E-state index contributed by atoms with van der Waals surface area (Å²) in [4.78, 5) is 4.36. The van der Waals surface area contributed by atoms with Crippen LogP contribution in [0.5, 0.6) is 5.75 Å². The van der Waals surface area contributed by atoms with E-state index in [0.717, 1.165) is 11.4 Å². The van der Waals surface area contributed by atoms with E-state index in [0.29, 0.717) is 18.4 Å². The molecule has 1 aromatic heterocycles. The van der Waals surface area contributed by atoms with Crippen molar-refractivity contribution in [3.05, 3.63) is 30.5 Å². The Hall–Kier alpha value is -2.37. The van der Waals surface area contributed by atoms with Crippen molar-refractivity contribution in [3.63, 3.8) is 0 Å². The molecule has 6 heteroatoms. The van der Waals surface area contributed by atoms with Gasteiger partial charge in [0.25, 0.3) is 0 Å². The van der Waals surface area contributed by atoms with E-state index >= 15 is 0 Å². The number of ether oxygens (including phenoxy) is 1. The standard InChI is InChI=1S/C14H19N5O/c1-4-20-12-8-6-5-7-11(12)17-14-18-13(9-15-19-14)16-10(2)3/h5-10H,4H2,1-3H3,(H2,16,17,18,19). The van der Waals surface area contributed by atoms with Gasteiger partial charge in [-0.05, 0) is 32.9 Å². The largest absolute Gasteiger partial charge is 0.492 e. The van der Waals surface area contributed by atoms with E-state index < -0.39 is 0 Å². The van der Waals surface area contributed by atoms with E-state index in [9.17, 15) is 0 Å². The van der Waals surface area contributed by atoms with Crippen LogP contribution < -0.4 is 15.4 Å². The van der Waals surface area contributed by atoms with E-state index in [4.69, 9.17) is 4.74 Å². The molecule has 0 bridgehead atoms. The smallest absolute Gasteiger partial charge is 0.249 e. The van der Waals surface area contributed by atoms with Gasteiger partial charge in [0.1, 0.15) is 5.75 Å². The molecule has 0 radical (unpaired) electrons. The van der Waals surface area contributed by atoms with Crippen LogP contribution in [-0.2, 0) is 0 Å². The summed E-state index contributed by atoms with van der Waals surface area (Å²) in [6.45, 7) is 6.63. The summed E-state index contributed by atoms with van der Waals surface area (Å²) in [5, 5.41) is 14.2. The summed E-state index contributed by atoms with van der Waals surface area (Å²) in [6, 6.07) is 7.95. The molecule has 6 nitrogen and oxygen atoms in total. The highest BCUT2D eigenvalue weighted by Gasteiger charge is 2.06. The summed E-state index contributed by atoms with van der Waals surface area (Å²) >= 11 is 0. The van der Waals surface area contributed by atoms with Gasteiger partial charge in [-0.25, -0.2) is 0 Å². The molecule has 2 rings (SSSR count). The van der Waals surface area contributed by atoms with Crippen molar-refractivity contribution >= 4 is 17.5 Å². The molecular weight excluding hydrogens is 254 g/mol. The van der Waals surface area contributed by atoms with Crippen molar-refractivity contribution in [3.8, 4) is 5.75 Å². The minimum atomic E-state index is 0.287. The molecule has 0 aliphatic rings. The third kappa shape index (κ3) is 3.81. The van der Waals surface area contributed by atoms with Crippen molar-refractivity contribution in [1.82, 2.24) is 15.2 Å². The van der Waals surface area contributed by atoms with E-state index in [-0.39, 0.29) is 6.04 Å². The summed E-state index contributed by atoms with van der Waals surface area (Å²) in [6.07, 6.45) is 1.60. The molecule has 106 valence electrons. The van der Waals surface area contributed by atoms with Crippen LogP contribution in [0.2, 0.25) is 0 Å². The highest BCUT2D eigenvalue weighted by Crippen LogP contribution is 2.26. The molecule has 0 atom stereocenters. The fourth-order valence-electron chi connectivity index (χ4n) is 1.69. The Morgan fingerprint density at radius 2 is 2.05 bits per heavy atom. The lowest BCUT2D eigenvalue weighted by molar-refractivity contribution is 0.342. The second kappa shape index (κ2) is 6.70. The molecule has 20 heavy (non-hydrogen) atoms. The summed E-state index contributed by atoms with van der Waals surface area (Å²) in [7, 11) is 0. The molecule has 2 N–H and O–H groups in total. The number of nitrogens with one attached hydrogen (secondary N) is 2. The van der Waals surface area contributed by atoms with Crippen LogP contribution >= 0.6 is 0 Å². The Balaban J connectivity index is 2.17. The van der Waals surface area contributed by atoms with Crippen LogP contribution in [0.4, 0.5) is 17.5 Å². The average molecular weight is 273 g/mol. The molecule has 0 unspecified atom stereocenters. The molecule has 0 aliphatic carbocycles. The molecule has 0 spiro atoms. The van der Waals surface area contributed by atoms with Crippen LogP contribution in [0.1, 0.15) is 20.8 Å². The zero-order valence-corrected chi connectivity index (χ0v) is 11.9. The lowest BCUT2D eigenvalue weighted by atomic mass is 10.3. The third-order valence-electron chi connectivity index (χ3n) is 2.43. The first-order valence-electron chi connectivity index (χ1n) is 6.64. The number of rotatable bonds is 6. The van der Waals surface area contributed by atoms with Gasteiger partial charge in [-0.15, -0.1) is 5.10 Å². The molecule has 0 saturated carbocycles. The number of hydrogen-bond acceptors (Lipinski definition) is 6. The van der Waals surface area contributed by atoms with Crippen molar-refractivity contribution in [1.29, 1.82) is 0 Å². The van der Waals surface area contributed by atoms with Gasteiger partial charge in [-0.3, -0.25) is 0 Å². The van der Waals surface area contributed by atoms with E-state index in [1.807, 2.05) is 45.0 Å². The van der Waals surface area contributed by atoms with E-state index in [2.05, 4.69) is 25.8 Å². The van der Waals surface area contributed by atoms with Gasteiger partial charge in [-0.2, -0.15) is 10.1 Å². The van der Waals surface area contributed by atoms with E-state index in [1.165, 1.54) is 0 Å². The molecule has 2 aromatic rings. The fraction of sp³-hybridized carbons (Fsp3) is 0.357. The van der Waals surface area contributed by atoms with Crippen molar-refractivity contribution in [2.24, 2.45) is 0 Å². The van der Waals surface area contributed by atoms with Crippen molar-refractivity contribution < 1.29 is 4.74 Å². The minimum Gasteiger partial charge on any atom is -0.492 e. The van der Waals surface area contributed by atoms with Crippen LogP contribution in [0, 0.1) is 0 Å².